The van der Waals surface area contributed by atoms with Crippen molar-refractivity contribution in [3.63, 3.8) is 0 Å². The summed E-state index contributed by atoms with van der Waals surface area (Å²) < 4.78 is 1.96. The van der Waals surface area contributed by atoms with Crippen LogP contribution in [-0.2, 0) is 7.05 Å². The van der Waals surface area contributed by atoms with Gasteiger partial charge in [-0.15, -0.1) is 0 Å². The zero-order valence-corrected chi connectivity index (χ0v) is 10.5. The average molecular weight is 236 g/mol. The van der Waals surface area contributed by atoms with E-state index in [1.165, 1.54) is 0 Å². The van der Waals surface area contributed by atoms with E-state index in [2.05, 4.69) is 0 Å². The molecule has 94 valence electrons. The Balaban J connectivity index is 2.12. The maximum Gasteiger partial charge on any atom is 0.255 e. The van der Waals surface area contributed by atoms with E-state index in [9.17, 15) is 9.90 Å². The lowest BCUT2D eigenvalue weighted by Crippen LogP contribution is -2.32. The normalized spacial score (nSPS) is 21.4. The summed E-state index contributed by atoms with van der Waals surface area (Å²) in [4.78, 5) is 14.2. The molecule has 1 fully saturated rings. The van der Waals surface area contributed by atoms with Gasteiger partial charge in [0.1, 0.15) is 0 Å². The fourth-order valence-corrected chi connectivity index (χ4v) is 2.29. The molecule has 1 aliphatic heterocycles. The van der Waals surface area contributed by atoms with Crippen LogP contribution in [0.1, 0.15) is 35.3 Å². The van der Waals surface area contributed by atoms with Gasteiger partial charge in [0.15, 0.2) is 0 Å². The lowest BCUT2D eigenvalue weighted by molar-refractivity contribution is 0.0752. The largest absolute Gasteiger partial charge is 0.393 e. The quantitative estimate of drug-likeness (QED) is 0.799. The van der Waals surface area contributed by atoms with Crippen LogP contribution in [0.4, 0.5) is 0 Å². The second-order valence-corrected chi connectivity index (χ2v) is 4.80. The summed E-state index contributed by atoms with van der Waals surface area (Å²) in [5.74, 6) is 0.0946. The maximum atomic E-state index is 12.3. The van der Waals surface area contributed by atoms with Gasteiger partial charge >= 0.3 is 0 Å². The number of carbonyl (C=O) groups excluding carboxylic acids is 1. The zero-order chi connectivity index (χ0) is 12.4. The number of aryl methyl sites for hydroxylation is 1. The van der Waals surface area contributed by atoms with Crippen molar-refractivity contribution in [3.05, 3.63) is 23.5 Å². The Morgan fingerprint density at radius 1 is 1.41 bits per heavy atom. The number of rotatable bonds is 1. The topological polar surface area (TPSA) is 45.5 Å². The van der Waals surface area contributed by atoms with Crippen LogP contribution in [0.3, 0.4) is 0 Å². The molecule has 1 saturated heterocycles. The molecule has 2 rings (SSSR count). The number of carbonyl (C=O) groups is 1. The first-order chi connectivity index (χ1) is 8.09. The first kappa shape index (κ1) is 12.2. The van der Waals surface area contributed by atoms with Crippen molar-refractivity contribution in [2.24, 2.45) is 7.05 Å². The van der Waals surface area contributed by atoms with Gasteiger partial charge in [-0.05, 0) is 32.3 Å². The lowest BCUT2D eigenvalue weighted by Gasteiger charge is -2.20. The van der Waals surface area contributed by atoms with Crippen LogP contribution in [0.5, 0.6) is 0 Å². The third kappa shape index (κ3) is 2.52. The monoisotopic (exact) mass is 236 g/mol. The molecule has 0 spiro atoms. The second-order valence-electron chi connectivity index (χ2n) is 4.80. The van der Waals surface area contributed by atoms with Gasteiger partial charge in [0.2, 0.25) is 0 Å². The Hall–Kier alpha value is -1.29. The molecular weight excluding hydrogens is 216 g/mol. The number of hydrogen-bond acceptors (Lipinski definition) is 2. The minimum Gasteiger partial charge on any atom is -0.393 e. The molecule has 2 heterocycles. The fraction of sp³-hybridized carbons (Fsp3) is 0.615. The standard InChI is InChI=1S/C13H20N2O2/c1-10-12(6-8-14(10)2)13(17)15-7-3-4-11(16)5-9-15/h6,8,11,16H,3-5,7,9H2,1-2H3/t11-/m0/s1. The molecule has 0 aliphatic carbocycles. The highest BCUT2D eigenvalue weighted by atomic mass is 16.3. The Kier molecular flexibility index (Phi) is 3.52. The summed E-state index contributed by atoms with van der Waals surface area (Å²) in [5, 5.41) is 9.58. The summed E-state index contributed by atoms with van der Waals surface area (Å²) in [7, 11) is 1.94. The van der Waals surface area contributed by atoms with Crippen molar-refractivity contribution in [1.29, 1.82) is 0 Å². The lowest BCUT2D eigenvalue weighted by atomic mass is 10.2. The SMILES string of the molecule is Cc1c(C(=O)N2CCC[C@H](O)CC2)ccn1C. The first-order valence-corrected chi connectivity index (χ1v) is 6.19. The molecule has 4 nitrogen and oxygen atoms in total. The van der Waals surface area contributed by atoms with Crippen molar-refractivity contribution in [3.8, 4) is 0 Å². The number of hydrogen-bond donors (Lipinski definition) is 1. The summed E-state index contributed by atoms with van der Waals surface area (Å²) >= 11 is 0. The van der Waals surface area contributed by atoms with Crippen LogP contribution in [0.2, 0.25) is 0 Å². The number of aliphatic hydroxyl groups is 1. The highest BCUT2D eigenvalue weighted by Crippen LogP contribution is 2.16. The summed E-state index contributed by atoms with van der Waals surface area (Å²) in [6.07, 6.45) is 4.05. The van der Waals surface area contributed by atoms with Gasteiger partial charge in [0.25, 0.3) is 5.91 Å². The van der Waals surface area contributed by atoms with Crippen LogP contribution in [0, 0.1) is 6.92 Å². The van der Waals surface area contributed by atoms with Gasteiger partial charge in [-0.3, -0.25) is 4.79 Å². The number of likely N-dealkylation sites (tertiary alicyclic amines) is 1. The molecule has 1 atom stereocenters. The van der Waals surface area contributed by atoms with Gasteiger partial charge in [0.05, 0.1) is 11.7 Å². The summed E-state index contributed by atoms with van der Waals surface area (Å²) in [6.45, 7) is 3.37. The van der Waals surface area contributed by atoms with E-state index >= 15 is 0 Å². The zero-order valence-electron chi connectivity index (χ0n) is 10.5. The van der Waals surface area contributed by atoms with Crippen molar-refractivity contribution < 1.29 is 9.90 Å². The van der Waals surface area contributed by atoms with Crippen molar-refractivity contribution >= 4 is 5.91 Å². The number of aromatic nitrogens is 1. The van der Waals surface area contributed by atoms with E-state index in [-0.39, 0.29) is 12.0 Å². The minimum absolute atomic E-state index is 0.0946. The van der Waals surface area contributed by atoms with Crippen LogP contribution in [0.15, 0.2) is 12.3 Å². The van der Waals surface area contributed by atoms with Gasteiger partial charge in [0, 0.05) is 32.0 Å². The molecule has 0 radical (unpaired) electrons. The molecular formula is C13H20N2O2. The molecule has 0 bridgehead atoms. The van der Waals surface area contributed by atoms with E-state index in [0.29, 0.717) is 13.0 Å². The van der Waals surface area contributed by atoms with Crippen molar-refractivity contribution in [2.75, 3.05) is 13.1 Å². The van der Waals surface area contributed by atoms with Crippen LogP contribution < -0.4 is 0 Å². The molecule has 0 unspecified atom stereocenters. The van der Waals surface area contributed by atoms with E-state index in [4.69, 9.17) is 0 Å². The molecule has 1 aromatic rings. The third-order valence-electron chi connectivity index (χ3n) is 3.60. The van der Waals surface area contributed by atoms with Gasteiger partial charge in [-0.25, -0.2) is 0 Å². The molecule has 1 aromatic heterocycles. The average Bonchev–Trinajstić information content (AvgIpc) is 2.53. The Labute approximate surface area is 102 Å². The molecule has 1 aliphatic rings. The Bertz CT molecular complexity index is 412. The van der Waals surface area contributed by atoms with Crippen molar-refractivity contribution in [1.82, 2.24) is 9.47 Å². The van der Waals surface area contributed by atoms with Gasteiger partial charge < -0.3 is 14.6 Å². The molecule has 1 amide bonds. The van der Waals surface area contributed by atoms with E-state index in [1.54, 1.807) is 0 Å². The third-order valence-corrected chi connectivity index (χ3v) is 3.60. The second kappa shape index (κ2) is 4.92. The van der Waals surface area contributed by atoms with Crippen molar-refractivity contribution in [2.45, 2.75) is 32.3 Å². The smallest absolute Gasteiger partial charge is 0.255 e. The predicted molar refractivity (Wildman–Crippen MR) is 65.9 cm³/mol. The van der Waals surface area contributed by atoms with E-state index in [1.807, 2.05) is 35.7 Å². The number of aliphatic hydroxyl groups excluding tert-OH is 1. The summed E-state index contributed by atoms with van der Waals surface area (Å²) in [5.41, 5.74) is 1.78. The first-order valence-electron chi connectivity index (χ1n) is 6.19. The Morgan fingerprint density at radius 2 is 2.18 bits per heavy atom. The summed E-state index contributed by atoms with van der Waals surface area (Å²) in [6, 6.07) is 1.87. The number of amides is 1. The van der Waals surface area contributed by atoms with E-state index in [0.717, 1.165) is 30.6 Å². The van der Waals surface area contributed by atoms with Gasteiger partial charge in [-0.1, -0.05) is 0 Å². The van der Waals surface area contributed by atoms with Crippen LogP contribution in [-0.4, -0.2) is 39.7 Å². The number of nitrogens with zero attached hydrogens (tertiary/aromatic N) is 2. The highest BCUT2D eigenvalue weighted by Gasteiger charge is 2.22. The predicted octanol–water partition coefficient (Wildman–Crippen LogP) is 1.32. The fourth-order valence-electron chi connectivity index (χ4n) is 2.29. The Morgan fingerprint density at radius 3 is 2.82 bits per heavy atom. The molecule has 0 saturated carbocycles. The van der Waals surface area contributed by atoms with Crippen LogP contribution in [0.25, 0.3) is 0 Å². The minimum atomic E-state index is -0.246. The van der Waals surface area contributed by atoms with Gasteiger partial charge in [-0.2, -0.15) is 0 Å². The van der Waals surface area contributed by atoms with Crippen LogP contribution >= 0.6 is 0 Å². The maximum absolute atomic E-state index is 12.3. The molecule has 1 N–H and O–H groups in total. The molecule has 0 aromatic carbocycles. The highest BCUT2D eigenvalue weighted by molar-refractivity contribution is 5.95. The van der Waals surface area contributed by atoms with E-state index < -0.39 is 0 Å². The molecule has 17 heavy (non-hydrogen) atoms. The molecule has 4 heteroatoms.